The normalized spacial score (nSPS) is 10.2. The number of rotatable bonds is 3. The van der Waals surface area contributed by atoms with E-state index in [2.05, 4.69) is 25.9 Å². The average molecular weight is 334 g/mol. The summed E-state index contributed by atoms with van der Waals surface area (Å²) in [6, 6.07) is 4.39. The number of methoxy groups -OCH3 is 1. The van der Waals surface area contributed by atoms with Crippen molar-refractivity contribution in [2.45, 2.75) is 0 Å². The molecule has 1 aromatic heterocycles. The molecule has 2 rings (SSSR count). The van der Waals surface area contributed by atoms with Crippen LogP contribution in [0.25, 0.3) is 0 Å². The molecule has 0 fully saturated rings. The Balaban J connectivity index is 2.31. The first-order chi connectivity index (χ1) is 8.61. The van der Waals surface area contributed by atoms with E-state index in [1.807, 2.05) is 0 Å². The van der Waals surface area contributed by atoms with Gasteiger partial charge in [0.1, 0.15) is 0 Å². The average Bonchev–Trinajstić information content (AvgIpc) is 2.37. The Morgan fingerprint density at radius 2 is 2.17 bits per heavy atom. The third-order valence-electron chi connectivity index (χ3n) is 2.00. The van der Waals surface area contributed by atoms with Crippen LogP contribution in [-0.4, -0.2) is 17.1 Å². The molecule has 94 valence electrons. The van der Waals surface area contributed by atoms with Gasteiger partial charge < -0.3 is 9.47 Å². The first-order valence-electron chi connectivity index (χ1n) is 4.80. The Hall–Kier alpha value is -1.40. The van der Waals surface area contributed by atoms with Crippen LogP contribution in [0.3, 0.4) is 0 Å². The summed E-state index contributed by atoms with van der Waals surface area (Å²) in [6.45, 7) is 0. The van der Waals surface area contributed by atoms with Crippen molar-refractivity contribution in [2.75, 3.05) is 7.11 Å². The molecule has 7 heteroatoms. The van der Waals surface area contributed by atoms with Crippen LogP contribution in [0, 0.1) is 5.82 Å². The van der Waals surface area contributed by atoms with Gasteiger partial charge in [0.2, 0.25) is 5.88 Å². The molecule has 0 unspecified atom stereocenters. The minimum Gasteiger partial charge on any atom is -0.480 e. The molecular formula is C11H7BrClFN2O2. The number of hydrogen-bond acceptors (Lipinski definition) is 4. The molecule has 1 aromatic carbocycles. The second kappa shape index (κ2) is 5.49. The molecule has 1 heterocycles. The standard InChI is InChI=1S/C11H7BrClFN2O2/c1-17-10-6(12)5-15-11(16-10)18-8-4-2-3-7(13)9(8)14/h2-5H,1H3. The van der Waals surface area contributed by atoms with Gasteiger partial charge in [0.15, 0.2) is 11.6 Å². The summed E-state index contributed by atoms with van der Waals surface area (Å²) < 4.78 is 24.4. The zero-order valence-corrected chi connectivity index (χ0v) is 11.5. The third kappa shape index (κ3) is 2.70. The molecule has 0 saturated carbocycles. The molecule has 0 bridgehead atoms. The largest absolute Gasteiger partial charge is 0.480 e. The lowest BCUT2D eigenvalue weighted by atomic mass is 10.3. The van der Waals surface area contributed by atoms with Gasteiger partial charge in [-0.05, 0) is 28.1 Å². The number of benzene rings is 1. The summed E-state index contributed by atoms with van der Waals surface area (Å²) in [5.74, 6) is -0.418. The highest BCUT2D eigenvalue weighted by atomic mass is 79.9. The van der Waals surface area contributed by atoms with E-state index >= 15 is 0 Å². The molecule has 18 heavy (non-hydrogen) atoms. The first-order valence-corrected chi connectivity index (χ1v) is 5.97. The Kier molecular flexibility index (Phi) is 3.98. The Morgan fingerprint density at radius 1 is 1.39 bits per heavy atom. The first kappa shape index (κ1) is 13.0. The molecular weight excluding hydrogens is 326 g/mol. The van der Waals surface area contributed by atoms with Crippen molar-refractivity contribution in [3.8, 4) is 17.6 Å². The van der Waals surface area contributed by atoms with Crippen LogP contribution in [0.5, 0.6) is 17.6 Å². The number of hydrogen-bond donors (Lipinski definition) is 0. The SMILES string of the molecule is COc1nc(Oc2cccc(Cl)c2F)ncc1Br. The van der Waals surface area contributed by atoms with Gasteiger partial charge in [0.05, 0.1) is 22.8 Å². The molecule has 0 spiro atoms. The van der Waals surface area contributed by atoms with Crippen LogP contribution in [0.1, 0.15) is 0 Å². The van der Waals surface area contributed by atoms with Crippen LogP contribution in [0.2, 0.25) is 5.02 Å². The maximum Gasteiger partial charge on any atom is 0.325 e. The predicted molar refractivity (Wildman–Crippen MR) is 67.8 cm³/mol. The third-order valence-corrected chi connectivity index (χ3v) is 2.84. The molecule has 0 aliphatic carbocycles. The Labute approximate surface area is 116 Å². The molecule has 0 aliphatic heterocycles. The fourth-order valence-corrected chi connectivity index (χ4v) is 1.71. The Bertz CT molecular complexity index is 583. The van der Waals surface area contributed by atoms with Gasteiger partial charge in [-0.25, -0.2) is 9.37 Å². The fraction of sp³-hybridized carbons (Fsp3) is 0.0909. The lowest BCUT2D eigenvalue weighted by molar-refractivity contribution is 0.367. The molecule has 0 aliphatic rings. The molecule has 4 nitrogen and oxygen atoms in total. The van der Waals surface area contributed by atoms with E-state index < -0.39 is 5.82 Å². The zero-order chi connectivity index (χ0) is 13.1. The van der Waals surface area contributed by atoms with Crippen LogP contribution in [-0.2, 0) is 0 Å². The topological polar surface area (TPSA) is 44.2 Å². The van der Waals surface area contributed by atoms with Gasteiger partial charge in [-0.15, -0.1) is 0 Å². The molecule has 2 aromatic rings. The monoisotopic (exact) mass is 332 g/mol. The van der Waals surface area contributed by atoms with Crippen molar-refractivity contribution in [3.05, 3.63) is 39.7 Å². The smallest absolute Gasteiger partial charge is 0.325 e. The number of aromatic nitrogens is 2. The highest BCUT2D eigenvalue weighted by Crippen LogP contribution is 2.29. The minimum absolute atomic E-state index is 0.0309. The second-order valence-electron chi connectivity index (χ2n) is 3.16. The van der Waals surface area contributed by atoms with Gasteiger partial charge in [-0.2, -0.15) is 4.98 Å². The lowest BCUT2D eigenvalue weighted by Gasteiger charge is -2.07. The van der Waals surface area contributed by atoms with E-state index in [1.54, 1.807) is 6.07 Å². The van der Waals surface area contributed by atoms with E-state index in [4.69, 9.17) is 21.1 Å². The van der Waals surface area contributed by atoms with Crippen molar-refractivity contribution in [3.63, 3.8) is 0 Å². The van der Waals surface area contributed by atoms with Crippen LogP contribution < -0.4 is 9.47 Å². The van der Waals surface area contributed by atoms with Crippen LogP contribution in [0.4, 0.5) is 4.39 Å². The highest BCUT2D eigenvalue weighted by molar-refractivity contribution is 9.10. The number of nitrogens with zero attached hydrogens (tertiary/aromatic N) is 2. The summed E-state index contributed by atoms with van der Waals surface area (Å²) in [6.07, 6.45) is 1.45. The quantitative estimate of drug-likeness (QED) is 0.856. The van der Waals surface area contributed by atoms with Crippen molar-refractivity contribution in [1.82, 2.24) is 9.97 Å². The van der Waals surface area contributed by atoms with E-state index in [1.165, 1.54) is 25.4 Å². The maximum atomic E-state index is 13.6. The maximum absolute atomic E-state index is 13.6. The fourth-order valence-electron chi connectivity index (χ4n) is 1.19. The molecule has 0 atom stereocenters. The van der Waals surface area contributed by atoms with E-state index in [0.717, 1.165) is 0 Å². The van der Waals surface area contributed by atoms with E-state index in [-0.39, 0.29) is 16.8 Å². The summed E-state index contributed by atoms with van der Waals surface area (Å²) in [5, 5.41) is -0.0309. The van der Waals surface area contributed by atoms with Crippen molar-refractivity contribution in [1.29, 1.82) is 0 Å². The Morgan fingerprint density at radius 3 is 2.89 bits per heavy atom. The van der Waals surface area contributed by atoms with Crippen molar-refractivity contribution >= 4 is 27.5 Å². The summed E-state index contributed by atoms with van der Waals surface area (Å²) in [7, 11) is 1.46. The predicted octanol–water partition coefficient (Wildman–Crippen LogP) is 3.83. The molecule has 0 N–H and O–H groups in total. The minimum atomic E-state index is -0.662. The highest BCUT2D eigenvalue weighted by Gasteiger charge is 2.11. The number of ether oxygens (including phenoxy) is 2. The van der Waals surface area contributed by atoms with E-state index in [0.29, 0.717) is 10.4 Å². The number of halogens is 3. The molecule has 0 amide bonds. The van der Waals surface area contributed by atoms with Gasteiger partial charge in [-0.3, -0.25) is 0 Å². The molecule has 0 saturated heterocycles. The van der Waals surface area contributed by atoms with Gasteiger partial charge >= 0.3 is 6.01 Å². The van der Waals surface area contributed by atoms with Crippen LogP contribution in [0.15, 0.2) is 28.9 Å². The van der Waals surface area contributed by atoms with E-state index in [9.17, 15) is 4.39 Å². The summed E-state index contributed by atoms with van der Waals surface area (Å²) >= 11 is 8.84. The molecule has 0 radical (unpaired) electrons. The summed E-state index contributed by atoms with van der Waals surface area (Å²) in [5.41, 5.74) is 0. The zero-order valence-electron chi connectivity index (χ0n) is 9.15. The van der Waals surface area contributed by atoms with Crippen LogP contribution >= 0.6 is 27.5 Å². The van der Waals surface area contributed by atoms with Gasteiger partial charge in [0, 0.05) is 0 Å². The van der Waals surface area contributed by atoms with Crippen molar-refractivity contribution in [2.24, 2.45) is 0 Å². The summed E-state index contributed by atoms with van der Waals surface area (Å²) in [4.78, 5) is 7.83. The van der Waals surface area contributed by atoms with Gasteiger partial charge in [-0.1, -0.05) is 17.7 Å². The van der Waals surface area contributed by atoms with Crippen molar-refractivity contribution < 1.29 is 13.9 Å². The lowest BCUT2D eigenvalue weighted by Crippen LogP contribution is -1.97. The second-order valence-corrected chi connectivity index (χ2v) is 4.43. The van der Waals surface area contributed by atoms with Gasteiger partial charge in [0.25, 0.3) is 0 Å².